The van der Waals surface area contributed by atoms with E-state index in [0.717, 1.165) is 28.1 Å². The van der Waals surface area contributed by atoms with Crippen LogP contribution in [0.3, 0.4) is 0 Å². The molecule has 1 aromatic heterocycles. The molecule has 2 aromatic carbocycles. The van der Waals surface area contributed by atoms with Crippen LogP contribution < -0.4 is 5.32 Å². The minimum absolute atomic E-state index is 0.688. The normalized spacial score (nSPS) is 10.7. The third-order valence-corrected chi connectivity index (χ3v) is 3.32. The van der Waals surface area contributed by atoms with Crippen molar-refractivity contribution in [1.82, 2.24) is 9.97 Å². The average molecular weight is 263 g/mol. The molecule has 0 aliphatic carbocycles. The highest BCUT2D eigenvalue weighted by atomic mass is 14.9. The summed E-state index contributed by atoms with van der Waals surface area (Å²) in [7, 11) is 0. The number of benzene rings is 2. The molecule has 3 nitrogen and oxygen atoms in total. The van der Waals surface area contributed by atoms with Crippen molar-refractivity contribution in [3.8, 4) is 0 Å². The van der Waals surface area contributed by atoms with Gasteiger partial charge in [-0.15, -0.1) is 0 Å². The van der Waals surface area contributed by atoms with E-state index in [9.17, 15) is 0 Å². The summed E-state index contributed by atoms with van der Waals surface area (Å²) in [6.07, 6.45) is 0. The lowest BCUT2D eigenvalue weighted by Crippen LogP contribution is -2.05. The first-order valence-electron chi connectivity index (χ1n) is 6.75. The van der Waals surface area contributed by atoms with E-state index >= 15 is 0 Å². The summed E-state index contributed by atoms with van der Waals surface area (Å²) in [5.41, 5.74) is 6.22. The molecule has 0 unspecified atom stereocenters. The maximum atomic E-state index is 4.69. The summed E-state index contributed by atoms with van der Waals surface area (Å²) in [4.78, 5) is 9.29. The first-order chi connectivity index (χ1) is 9.72. The highest BCUT2D eigenvalue weighted by molar-refractivity contribution is 5.74. The Morgan fingerprint density at radius 2 is 1.65 bits per heavy atom. The number of anilines is 1. The second-order valence-corrected chi connectivity index (χ2v) is 4.97. The maximum absolute atomic E-state index is 4.69. The van der Waals surface area contributed by atoms with Crippen LogP contribution in [0.4, 0.5) is 5.69 Å². The molecule has 3 heteroatoms. The second-order valence-electron chi connectivity index (χ2n) is 4.97. The Bertz CT molecular complexity index is 750. The lowest BCUT2D eigenvalue weighted by molar-refractivity contribution is 0.998. The molecular formula is C17H17N3. The number of fused-ring (bicyclic) bond motifs is 1. The number of aryl methyl sites for hydroxylation is 2. The van der Waals surface area contributed by atoms with Crippen molar-refractivity contribution in [3.05, 3.63) is 65.5 Å². The standard InChI is InChI=1S/C17H17N3/c1-12-6-5-7-14(10-12)18-11-17-13(2)19-15-8-3-4-9-16(15)20-17/h3-10,18H,11H2,1-2H3. The molecule has 20 heavy (non-hydrogen) atoms. The summed E-state index contributed by atoms with van der Waals surface area (Å²) in [5, 5.41) is 3.40. The average Bonchev–Trinajstić information content (AvgIpc) is 2.45. The molecule has 0 spiro atoms. The zero-order valence-corrected chi connectivity index (χ0v) is 11.7. The Labute approximate surface area is 118 Å². The number of nitrogens with one attached hydrogen (secondary N) is 1. The van der Waals surface area contributed by atoms with E-state index < -0.39 is 0 Å². The molecule has 0 aliphatic rings. The predicted molar refractivity (Wildman–Crippen MR) is 82.8 cm³/mol. The van der Waals surface area contributed by atoms with Crippen LogP contribution in [0.25, 0.3) is 11.0 Å². The number of hydrogen-bond acceptors (Lipinski definition) is 3. The molecule has 0 fully saturated rings. The lowest BCUT2D eigenvalue weighted by atomic mass is 10.2. The number of para-hydroxylation sites is 2. The van der Waals surface area contributed by atoms with Crippen molar-refractivity contribution in [2.24, 2.45) is 0 Å². The van der Waals surface area contributed by atoms with Crippen LogP contribution >= 0.6 is 0 Å². The van der Waals surface area contributed by atoms with Gasteiger partial charge in [0.2, 0.25) is 0 Å². The predicted octanol–water partition coefficient (Wildman–Crippen LogP) is 3.86. The van der Waals surface area contributed by atoms with Crippen LogP contribution in [0.2, 0.25) is 0 Å². The fourth-order valence-electron chi connectivity index (χ4n) is 2.23. The Hall–Kier alpha value is -2.42. The molecule has 0 atom stereocenters. The van der Waals surface area contributed by atoms with Gasteiger partial charge in [0.15, 0.2) is 0 Å². The summed E-state index contributed by atoms with van der Waals surface area (Å²) in [5.74, 6) is 0. The van der Waals surface area contributed by atoms with Crippen molar-refractivity contribution < 1.29 is 0 Å². The summed E-state index contributed by atoms with van der Waals surface area (Å²) in [6, 6.07) is 16.3. The smallest absolute Gasteiger partial charge is 0.0891 e. The Morgan fingerprint density at radius 3 is 2.40 bits per heavy atom. The maximum Gasteiger partial charge on any atom is 0.0891 e. The highest BCUT2D eigenvalue weighted by Crippen LogP contribution is 2.15. The van der Waals surface area contributed by atoms with E-state index in [-0.39, 0.29) is 0 Å². The number of nitrogens with zero attached hydrogens (tertiary/aromatic N) is 2. The van der Waals surface area contributed by atoms with E-state index in [4.69, 9.17) is 0 Å². The molecular weight excluding hydrogens is 246 g/mol. The number of hydrogen-bond donors (Lipinski definition) is 1. The van der Waals surface area contributed by atoms with Gasteiger partial charge < -0.3 is 5.32 Å². The SMILES string of the molecule is Cc1cccc(NCc2nc3ccccc3nc2C)c1. The minimum atomic E-state index is 0.688. The van der Waals surface area contributed by atoms with Crippen LogP contribution in [-0.4, -0.2) is 9.97 Å². The Morgan fingerprint density at radius 1 is 0.900 bits per heavy atom. The van der Waals surface area contributed by atoms with Gasteiger partial charge in [-0.2, -0.15) is 0 Å². The van der Waals surface area contributed by atoms with Gasteiger partial charge in [0.1, 0.15) is 0 Å². The van der Waals surface area contributed by atoms with Crippen LogP contribution in [0, 0.1) is 13.8 Å². The van der Waals surface area contributed by atoms with Crippen LogP contribution in [0.15, 0.2) is 48.5 Å². The first kappa shape index (κ1) is 12.6. The van der Waals surface area contributed by atoms with Gasteiger partial charge in [0.05, 0.1) is 29.0 Å². The van der Waals surface area contributed by atoms with Crippen molar-refractivity contribution in [3.63, 3.8) is 0 Å². The molecule has 100 valence electrons. The quantitative estimate of drug-likeness (QED) is 0.779. The first-order valence-corrected chi connectivity index (χ1v) is 6.75. The Kier molecular flexibility index (Phi) is 3.33. The molecule has 0 amide bonds. The van der Waals surface area contributed by atoms with Gasteiger partial charge >= 0.3 is 0 Å². The van der Waals surface area contributed by atoms with Crippen molar-refractivity contribution in [1.29, 1.82) is 0 Å². The Balaban J connectivity index is 1.85. The van der Waals surface area contributed by atoms with Gasteiger partial charge in [0, 0.05) is 5.69 Å². The van der Waals surface area contributed by atoms with Crippen molar-refractivity contribution in [2.45, 2.75) is 20.4 Å². The highest BCUT2D eigenvalue weighted by Gasteiger charge is 2.04. The summed E-state index contributed by atoms with van der Waals surface area (Å²) in [6.45, 7) is 4.78. The summed E-state index contributed by atoms with van der Waals surface area (Å²) >= 11 is 0. The molecule has 0 aliphatic heterocycles. The lowest BCUT2D eigenvalue weighted by Gasteiger charge is -2.09. The molecule has 0 saturated heterocycles. The molecule has 1 heterocycles. The van der Waals surface area contributed by atoms with Crippen LogP contribution in [0.1, 0.15) is 17.0 Å². The topological polar surface area (TPSA) is 37.8 Å². The van der Waals surface area contributed by atoms with E-state index in [1.54, 1.807) is 0 Å². The molecule has 0 saturated carbocycles. The van der Waals surface area contributed by atoms with E-state index in [1.165, 1.54) is 5.56 Å². The minimum Gasteiger partial charge on any atom is -0.379 e. The van der Waals surface area contributed by atoms with Gasteiger partial charge in [0.25, 0.3) is 0 Å². The van der Waals surface area contributed by atoms with Crippen molar-refractivity contribution in [2.75, 3.05) is 5.32 Å². The van der Waals surface area contributed by atoms with E-state index in [1.807, 2.05) is 31.2 Å². The number of aromatic nitrogens is 2. The van der Waals surface area contributed by atoms with Crippen LogP contribution in [0.5, 0.6) is 0 Å². The monoisotopic (exact) mass is 263 g/mol. The molecule has 3 rings (SSSR count). The van der Waals surface area contributed by atoms with Gasteiger partial charge in [-0.05, 0) is 43.7 Å². The zero-order valence-electron chi connectivity index (χ0n) is 11.7. The third-order valence-electron chi connectivity index (χ3n) is 3.32. The summed E-state index contributed by atoms with van der Waals surface area (Å²) < 4.78 is 0. The third kappa shape index (κ3) is 2.62. The van der Waals surface area contributed by atoms with E-state index in [0.29, 0.717) is 6.54 Å². The molecule has 1 N–H and O–H groups in total. The fourth-order valence-corrected chi connectivity index (χ4v) is 2.23. The molecule has 0 bridgehead atoms. The molecule has 3 aromatic rings. The molecule has 0 radical (unpaired) electrons. The van der Waals surface area contributed by atoms with E-state index in [2.05, 4.69) is 46.5 Å². The zero-order chi connectivity index (χ0) is 13.9. The van der Waals surface area contributed by atoms with Gasteiger partial charge in [-0.25, -0.2) is 9.97 Å². The van der Waals surface area contributed by atoms with Gasteiger partial charge in [-0.3, -0.25) is 0 Å². The fraction of sp³-hybridized carbons (Fsp3) is 0.176. The van der Waals surface area contributed by atoms with Crippen molar-refractivity contribution >= 4 is 16.7 Å². The van der Waals surface area contributed by atoms with Gasteiger partial charge in [-0.1, -0.05) is 24.3 Å². The largest absolute Gasteiger partial charge is 0.379 e. The number of rotatable bonds is 3. The second kappa shape index (κ2) is 5.29. The van der Waals surface area contributed by atoms with Crippen LogP contribution in [-0.2, 0) is 6.54 Å².